The van der Waals surface area contributed by atoms with Crippen molar-refractivity contribution in [2.45, 2.75) is 19.6 Å². The van der Waals surface area contributed by atoms with E-state index in [2.05, 4.69) is 24.7 Å². The Bertz CT molecular complexity index is 263. The largest absolute Gasteiger partial charge is 0.693 e. The molecule has 1 aromatic heterocycles. The third-order valence-corrected chi connectivity index (χ3v) is 3.44. The maximum Gasteiger partial charge on any atom is 0.204 e. The minimum Gasteiger partial charge on any atom is -0.693 e. The van der Waals surface area contributed by atoms with Gasteiger partial charge in [-0.2, -0.15) is 4.85 Å². The minimum atomic E-state index is -1.49. The van der Waals surface area contributed by atoms with Crippen molar-refractivity contribution in [3.8, 4) is 0 Å². The third-order valence-electron chi connectivity index (χ3n) is 1.58. The van der Waals surface area contributed by atoms with Gasteiger partial charge >= 0.3 is 0 Å². The zero-order valence-electron chi connectivity index (χ0n) is 7.33. The van der Waals surface area contributed by atoms with E-state index >= 15 is 0 Å². The molecule has 1 aromatic rings. The highest BCUT2D eigenvalue weighted by atomic mass is 28.3. The van der Waals surface area contributed by atoms with Gasteiger partial charge in [0.25, 0.3) is 0 Å². The maximum atomic E-state index is 11.3. The molecule has 62 valence electrons. The smallest absolute Gasteiger partial charge is 0.204 e. The molecule has 0 saturated carbocycles. The van der Waals surface area contributed by atoms with Crippen molar-refractivity contribution in [2.24, 2.45) is 7.05 Å². The molecule has 0 aliphatic carbocycles. The molecule has 5 heteroatoms. The van der Waals surface area contributed by atoms with Gasteiger partial charge < -0.3 is 5.21 Å². The lowest BCUT2D eigenvalue weighted by Crippen LogP contribution is -2.59. The summed E-state index contributed by atoms with van der Waals surface area (Å²) in [4.78, 5) is 2.18. The van der Waals surface area contributed by atoms with Gasteiger partial charge in [0.05, 0.1) is 7.05 Å². The molecule has 0 spiro atoms. The van der Waals surface area contributed by atoms with Gasteiger partial charge in [0.15, 0.2) is 5.32 Å². The van der Waals surface area contributed by atoms with Gasteiger partial charge in [-0.05, 0) is 4.80 Å². The molecule has 11 heavy (non-hydrogen) atoms. The van der Waals surface area contributed by atoms with E-state index in [0.717, 1.165) is 10.2 Å². The molecule has 0 amide bonds. The Morgan fingerprint density at radius 1 is 1.55 bits per heavy atom. The Morgan fingerprint density at radius 2 is 2.09 bits per heavy atom. The van der Waals surface area contributed by atoms with E-state index in [0.29, 0.717) is 0 Å². The van der Waals surface area contributed by atoms with E-state index in [1.165, 1.54) is 4.80 Å². The van der Waals surface area contributed by atoms with Crippen molar-refractivity contribution < 1.29 is 4.85 Å². The maximum absolute atomic E-state index is 11.3. The van der Waals surface area contributed by atoms with Gasteiger partial charge in [-0.1, -0.05) is 19.6 Å². The molecule has 0 saturated heterocycles. The Hall–Kier alpha value is -0.843. The normalized spacial score (nSPS) is 12.0. The third kappa shape index (κ3) is 1.42. The highest BCUT2D eigenvalue weighted by Crippen LogP contribution is 1.96. The van der Waals surface area contributed by atoms with Crippen LogP contribution in [0.25, 0.3) is 0 Å². The van der Waals surface area contributed by atoms with Crippen LogP contribution in [0, 0.1) is 5.21 Å². The molecular weight excluding hydrogens is 158 g/mol. The van der Waals surface area contributed by atoms with Gasteiger partial charge in [0.1, 0.15) is 8.07 Å². The van der Waals surface area contributed by atoms with Crippen LogP contribution < -0.4 is 10.2 Å². The van der Waals surface area contributed by atoms with Crippen molar-refractivity contribution >= 4 is 13.4 Å². The average molecular weight is 171 g/mol. The minimum absolute atomic E-state index is 0.833. The zero-order valence-corrected chi connectivity index (χ0v) is 8.33. The topological polar surface area (TPSA) is 44.8 Å². The summed E-state index contributed by atoms with van der Waals surface area (Å²) in [6.45, 7) is 6.37. The fourth-order valence-electron chi connectivity index (χ4n) is 0.871. The fourth-order valence-corrected chi connectivity index (χ4v) is 2.03. The van der Waals surface area contributed by atoms with Crippen molar-refractivity contribution in [2.75, 3.05) is 0 Å². The summed E-state index contributed by atoms with van der Waals surface area (Å²) in [5.74, 6) is 0. The lowest BCUT2D eigenvalue weighted by molar-refractivity contribution is -0.681. The van der Waals surface area contributed by atoms with Crippen molar-refractivity contribution in [1.29, 1.82) is 0 Å². The van der Waals surface area contributed by atoms with E-state index in [9.17, 15) is 5.21 Å². The zero-order chi connectivity index (χ0) is 8.65. The van der Waals surface area contributed by atoms with Crippen LogP contribution in [0.5, 0.6) is 0 Å². The van der Waals surface area contributed by atoms with Crippen LogP contribution in [0.3, 0.4) is 0 Å². The van der Waals surface area contributed by atoms with Crippen LogP contribution in [0.15, 0.2) is 6.20 Å². The van der Waals surface area contributed by atoms with Crippen LogP contribution in [0.4, 0.5) is 0 Å². The molecule has 0 unspecified atom stereocenters. The first-order valence-electron chi connectivity index (χ1n) is 3.55. The van der Waals surface area contributed by atoms with Crippen LogP contribution >= 0.6 is 0 Å². The Morgan fingerprint density at radius 3 is 2.27 bits per heavy atom. The average Bonchev–Trinajstić information content (AvgIpc) is 2.11. The van der Waals surface area contributed by atoms with Crippen LogP contribution in [-0.4, -0.2) is 18.0 Å². The van der Waals surface area contributed by atoms with E-state index in [1.54, 1.807) is 13.2 Å². The number of nitrogens with zero attached hydrogens (tertiary/aromatic N) is 3. The first kappa shape index (κ1) is 8.26. The van der Waals surface area contributed by atoms with Crippen LogP contribution in [0.1, 0.15) is 0 Å². The molecule has 0 aliphatic heterocycles. The summed E-state index contributed by atoms with van der Waals surface area (Å²) >= 11 is 0. The quantitative estimate of drug-likeness (QED) is 0.328. The standard InChI is InChI=1S/C6H13N3OSi/c1-8-7-5-6(9(8)10)11(2,3)4/h5H,1-4H3. The second kappa shape index (κ2) is 2.33. The van der Waals surface area contributed by atoms with Gasteiger partial charge in [-0.15, -0.1) is 0 Å². The number of aryl methyl sites for hydroxylation is 1. The molecule has 0 aliphatic rings. The van der Waals surface area contributed by atoms with Gasteiger partial charge in [0.2, 0.25) is 6.20 Å². The highest BCUT2D eigenvalue weighted by Gasteiger charge is 2.26. The van der Waals surface area contributed by atoms with Crippen molar-refractivity contribution in [3.05, 3.63) is 11.4 Å². The monoisotopic (exact) mass is 171 g/mol. The molecule has 0 N–H and O–H groups in total. The summed E-state index contributed by atoms with van der Waals surface area (Å²) in [5, 5.41) is 16.0. The number of aromatic nitrogens is 3. The first-order valence-corrected chi connectivity index (χ1v) is 7.05. The van der Waals surface area contributed by atoms with Crippen molar-refractivity contribution in [3.63, 3.8) is 0 Å². The summed E-state index contributed by atoms with van der Waals surface area (Å²) in [5.41, 5.74) is 0. The summed E-state index contributed by atoms with van der Waals surface area (Å²) in [6.07, 6.45) is 1.67. The number of hydrogen-bond acceptors (Lipinski definition) is 2. The second-order valence-corrected chi connectivity index (χ2v) is 8.65. The number of hydrogen-bond donors (Lipinski definition) is 0. The van der Waals surface area contributed by atoms with Crippen LogP contribution in [0.2, 0.25) is 19.6 Å². The molecule has 0 aromatic carbocycles. The molecule has 0 fully saturated rings. The predicted molar refractivity (Wildman–Crippen MR) is 45.1 cm³/mol. The summed E-state index contributed by atoms with van der Waals surface area (Å²) in [6, 6.07) is 0. The fraction of sp³-hybridized carbons (Fsp3) is 0.667. The molecule has 0 atom stereocenters. The van der Waals surface area contributed by atoms with Gasteiger partial charge in [-0.25, -0.2) is 0 Å². The summed E-state index contributed by atoms with van der Waals surface area (Å²) < 4.78 is 0. The van der Waals surface area contributed by atoms with E-state index in [1.807, 2.05) is 0 Å². The Kier molecular flexibility index (Phi) is 1.75. The first-order chi connectivity index (χ1) is 4.93. The van der Waals surface area contributed by atoms with Gasteiger partial charge in [-0.3, -0.25) is 0 Å². The molecule has 4 nitrogen and oxygen atoms in total. The molecule has 1 rings (SSSR count). The molecule has 1 heterocycles. The summed E-state index contributed by atoms with van der Waals surface area (Å²) in [7, 11) is 0.160. The molecule has 0 bridgehead atoms. The molecular formula is C6H13N3OSi. The second-order valence-electron chi connectivity index (χ2n) is 3.64. The number of rotatable bonds is 1. The Labute approximate surface area is 67.0 Å². The SMILES string of the molecule is Cn1ncc([Si](C)(C)C)[n+]1[O-]. The van der Waals surface area contributed by atoms with Crippen LogP contribution in [-0.2, 0) is 7.05 Å². The lowest BCUT2D eigenvalue weighted by Gasteiger charge is -2.13. The van der Waals surface area contributed by atoms with Gasteiger partial charge in [0, 0.05) is 5.10 Å². The highest BCUT2D eigenvalue weighted by molar-refractivity contribution is 6.87. The van der Waals surface area contributed by atoms with E-state index in [-0.39, 0.29) is 0 Å². The van der Waals surface area contributed by atoms with E-state index < -0.39 is 8.07 Å². The Balaban J connectivity index is 3.15. The predicted octanol–water partition coefficient (Wildman–Crippen LogP) is -0.401. The van der Waals surface area contributed by atoms with Crippen molar-refractivity contribution in [1.82, 2.24) is 9.90 Å². The van der Waals surface area contributed by atoms with E-state index in [4.69, 9.17) is 0 Å². The lowest BCUT2D eigenvalue weighted by atomic mass is 10.9. The molecule has 0 radical (unpaired) electrons.